The number of likely N-dealkylation sites (tertiary alicyclic amines) is 2. The first-order valence-corrected chi connectivity index (χ1v) is 8.88. The third-order valence-corrected chi connectivity index (χ3v) is 5.33. The van der Waals surface area contributed by atoms with Gasteiger partial charge in [-0.05, 0) is 58.3 Å². The van der Waals surface area contributed by atoms with E-state index in [0.717, 1.165) is 52.1 Å². The van der Waals surface area contributed by atoms with E-state index >= 15 is 0 Å². The van der Waals surface area contributed by atoms with Crippen molar-refractivity contribution in [3.05, 3.63) is 18.7 Å². The molecule has 6 nitrogen and oxygen atoms in total. The van der Waals surface area contributed by atoms with E-state index in [0.29, 0.717) is 5.92 Å². The van der Waals surface area contributed by atoms with E-state index in [1.807, 2.05) is 18.7 Å². The van der Waals surface area contributed by atoms with Crippen LogP contribution < -0.4 is 5.32 Å². The number of hydrogen-bond donors (Lipinski definition) is 1. The summed E-state index contributed by atoms with van der Waals surface area (Å²) in [6.07, 6.45) is 10.2. The molecule has 1 N–H and O–H groups in total. The molecule has 1 atom stereocenters. The minimum absolute atomic E-state index is 0.102. The number of rotatable bonds is 6. The zero-order valence-corrected chi connectivity index (χ0v) is 14.2. The van der Waals surface area contributed by atoms with E-state index < -0.39 is 0 Å². The van der Waals surface area contributed by atoms with Crippen molar-refractivity contribution in [3.8, 4) is 0 Å². The van der Waals surface area contributed by atoms with Crippen LogP contribution in [0.3, 0.4) is 0 Å². The third-order valence-electron chi connectivity index (χ3n) is 5.33. The molecule has 0 radical (unpaired) electrons. The van der Waals surface area contributed by atoms with Crippen LogP contribution in [0.4, 0.5) is 0 Å². The van der Waals surface area contributed by atoms with Crippen molar-refractivity contribution < 1.29 is 4.79 Å². The summed E-state index contributed by atoms with van der Waals surface area (Å²) in [6.45, 7) is 6.26. The van der Waals surface area contributed by atoms with Crippen molar-refractivity contribution >= 4 is 5.91 Å². The Kier molecular flexibility index (Phi) is 5.67. The van der Waals surface area contributed by atoms with E-state index in [2.05, 4.69) is 31.7 Å². The maximum Gasteiger partial charge on any atom is 0.237 e. The molecule has 1 amide bonds. The Bertz CT molecular complexity index is 481. The lowest BCUT2D eigenvalue weighted by molar-refractivity contribution is -0.125. The fraction of sp³-hybridized carbons (Fsp3) is 0.765. The highest BCUT2D eigenvalue weighted by Crippen LogP contribution is 2.18. The Labute approximate surface area is 138 Å². The second kappa shape index (κ2) is 7.93. The van der Waals surface area contributed by atoms with Crippen molar-refractivity contribution in [2.45, 2.75) is 38.3 Å². The molecule has 2 saturated heterocycles. The topological polar surface area (TPSA) is 53.4 Å². The molecule has 2 aliphatic rings. The maximum absolute atomic E-state index is 12.2. The lowest BCUT2D eigenvalue weighted by Crippen LogP contribution is -2.45. The molecule has 0 unspecified atom stereocenters. The highest BCUT2D eigenvalue weighted by Gasteiger charge is 2.28. The molecule has 0 saturated carbocycles. The molecule has 23 heavy (non-hydrogen) atoms. The van der Waals surface area contributed by atoms with Crippen LogP contribution in [-0.4, -0.2) is 71.1 Å². The van der Waals surface area contributed by atoms with Crippen molar-refractivity contribution in [1.29, 1.82) is 0 Å². The molecule has 1 aromatic heterocycles. The summed E-state index contributed by atoms with van der Waals surface area (Å²) < 4.78 is 2.13. The van der Waals surface area contributed by atoms with E-state index in [1.54, 1.807) is 0 Å². The summed E-state index contributed by atoms with van der Waals surface area (Å²) in [4.78, 5) is 21.0. The van der Waals surface area contributed by atoms with Gasteiger partial charge in [0.2, 0.25) is 5.91 Å². The molecule has 128 valence electrons. The van der Waals surface area contributed by atoms with Crippen LogP contribution in [0.2, 0.25) is 0 Å². The van der Waals surface area contributed by atoms with Crippen LogP contribution in [0.25, 0.3) is 0 Å². The van der Waals surface area contributed by atoms with Crippen LogP contribution in [0.1, 0.15) is 25.7 Å². The van der Waals surface area contributed by atoms with Gasteiger partial charge in [0.15, 0.2) is 0 Å². The van der Waals surface area contributed by atoms with Crippen molar-refractivity contribution in [3.63, 3.8) is 0 Å². The lowest BCUT2D eigenvalue weighted by atomic mass is 9.96. The van der Waals surface area contributed by atoms with Crippen molar-refractivity contribution in [1.82, 2.24) is 24.7 Å². The molecule has 0 bridgehead atoms. The maximum atomic E-state index is 12.2. The van der Waals surface area contributed by atoms with Crippen LogP contribution in [-0.2, 0) is 11.3 Å². The van der Waals surface area contributed by atoms with Gasteiger partial charge in [0, 0.05) is 32.0 Å². The lowest BCUT2D eigenvalue weighted by Gasteiger charge is -2.32. The summed E-state index contributed by atoms with van der Waals surface area (Å²) in [5, 5.41) is 3.18. The van der Waals surface area contributed by atoms with Gasteiger partial charge in [-0.25, -0.2) is 4.98 Å². The number of carbonyl (C=O) groups excluding carboxylic acids is 1. The monoisotopic (exact) mass is 319 g/mol. The standard InChI is InChI=1S/C17H29N5O/c1-20-7-2-3-16(20)17(23)19-13-15-4-8-21(9-5-15)11-12-22-10-6-18-14-22/h6,10,14-16H,2-5,7-9,11-13H2,1H3,(H,19,23)/t16-/m1/s1. The Morgan fingerprint density at radius 2 is 2.04 bits per heavy atom. The molecule has 0 spiro atoms. The molecular formula is C17H29N5O. The second-order valence-electron chi connectivity index (χ2n) is 6.97. The number of likely N-dealkylation sites (N-methyl/N-ethyl adjacent to an activating group) is 1. The third kappa shape index (κ3) is 4.54. The zero-order valence-electron chi connectivity index (χ0n) is 14.2. The van der Waals surface area contributed by atoms with Crippen LogP contribution in [0.15, 0.2) is 18.7 Å². The average molecular weight is 319 g/mol. The number of nitrogens with one attached hydrogen (secondary N) is 1. The molecule has 2 aliphatic heterocycles. The smallest absolute Gasteiger partial charge is 0.237 e. The minimum Gasteiger partial charge on any atom is -0.354 e. The van der Waals surface area contributed by atoms with Gasteiger partial charge in [-0.2, -0.15) is 0 Å². The Balaban J connectivity index is 1.32. The molecule has 3 heterocycles. The van der Waals surface area contributed by atoms with Crippen LogP contribution >= 0.6 is 0 Å². The number of hydrogen-bond acceptors (Lipinski definition) is 4. The molecule has 2 fully saturated rings. The largest absolute Gasteiger partial charge is 0.354 e. The minimum atomic E-state index is 0.102. The number of carbonyl (C=O) groups is 1. The van der Waals surface area contributed by atoms with E-state index in [-0.39, 0.29) is 11.9 Å². The van der Waals surface area contributed by atoms with Gasteiger partial charge in [0.25, 0.3) is 0 Å². The number of nitrogens with zero attached hydrogens (tertiary/aromatic N) is 4. The first-order valence-electron chi connectivity index (χ1n) is 8.88. The van der Waals surface area contributed by atoms with E-state index in [4.69, 9.17) is 0 Å². The molecule has 6 heteroatoms. The summed E-state index contributed by atoms with van der Waals surface area (Å²) in [7, 11) is 2.05. The Hall–Kier alpha value is -1.40. The number of amides is 1. The molecular weight excluding hydrogens is 290 g/mol. The molecule has 1 aromatic rings. The Morgan fingerprint density at radius 1 is 1.22 bits per heavy atom. The normalized spacial score (nSPS) is 24.1. The summed E-state index contributed by atoms with van der Waals surface area (Å²) >= 11 is 0. The van der Waals surface area contributed by atoms with Crippen LogP contribution in [0, 0.1) is 5.92 Å². The molecule has 0 aromatic carbocycles. The quantitative estimate of drug-likeness (QED) is 0.843. The summed E-state index contributed by atoms with van der Waals surface area (Å²) in [5.74, 6) is 0.864. The van der Waals surface area contributed by atoms with E-state index in [9.17, 15) is 4.79 Å². The van der Waals surface area contributed by atoms with Gasteiger partial charge in [-0.15, -0.1) is 0 Å². The summed E-state index contributed by atoms with van der Waals surface area (Å²) in [5.41, 5.74) is 0. The number of aromatic nitrogens is 2. The van der Waals surface area contributed by atoms with Crippen molar-refractivity contribution in [2.75, 3.05) is 39.8 Å². The van der Waals surface area contributed by atoms with Gasteiger partial charge in [0.1, 0.15) is 0 Å². The predicted molar refractivity (Wildman–Crippen MR) is 90.1 cm³/mol. The van der Waals surface area contributed by atoms with Gasteiger partial charge >= 0.3 is 0 Å². The predicted octanol–water partition coefficient (Wildman–Crippen LogP) is 0.806. The van der Waals surface area contributed by atoms with Gasteiger partial charge in [-0.1, -0.05) is 0 Å². The zero-order chi connectivity index (χ0) is 16.1. The van der Waals surface area contributed by atoms with Gasteiger partial charge in [-0.3, -0.25) is 9.69 Å². The fourth-order valence-corrected chi connectivity index (χ4v) is 3.69. The number of imidazole rings is 1. The SMILES string of the molecule is CN1CCC[C@@H]1C(=O)NCC1CCN(CCn2ccnc2)CC1. The van der Waals surface area contributed by atoms with E-state index in [1.165, 1.54) is 12.8 Å². The van der Waals surface area contributed by atoms with Gasteiger partial charge < -0.3 is 14.8 Å². The number of piperidine rings is 1. The Morgan fingerprint density at radius 3 is 2.70 bits per heavy atom. The van der Waals surface area contributed by atoms with Crippen LogP contribution in [0.5, 0.6) is 0 Å². The fourth-order valence-electron chi connectivity index (χ4n) is 3.69. The average Bonchev–Trinajstić information content (AvgIpc) is 3.23. The highest BCUT2D eigenvalue weighted by atomic mass is 16.2. The summed E-state index contributed by atoms with van der Waals surface area (Å²) in [6, 6.07) is 0.102. The molecule has 3 rings (SSSR count). The second-order valence-corrected chi connectivity index (χ2v) is 6.97. The first-order chi connectivity index (χ1) is 11.2. The highest BCUT2D eigenvalue weighted by molar-refractivity contribution is 5.81. The molecule has 0 aliphatic carbocycles. The van der Waals surface area contributed by atoms with Gasteiger partial charge in [0.05, 0.1) is 12.4 Å². The first kappa shape index (κ1) is 16.5. The van der Waals surface area contributed by atoms with Crippen molar-refractivity contribution in [2.24, 2.45) is 5.92 Å².